The highest BCUT2D eigenvalue weighted by Crippen LogP contribution is 2.22. The van der Waals surface area contributed by atoms with Crippen molar-refractivity contribution in [3.8, 4) is 0 Å². The molecule has 29 heavy (non-hydrogen) atoms. The standard InChI is InChI=1S/C22H29ClN4O2/c1-6-7-10-27-22(23)18(17(5)26-27)8-9-19(28)24-13-20(29)25-21-15(3)11-14(2)12-16(21)4/h8-9,11-12H,6-7,10,13H2,1-5H3,(H,24,28)(H,25,29). The zero-order chi connectivity index (χ0) is 21.6. The summed E-state index contributed by atoms with van der Waals surface area (Å²) < 4.78 is 1.75. The summed E-state index contributed by atoms with van der Waals surface area (Å²) in [7, 11) is 0. The lowest BCUT2D eigenvalue weighted by Gasteiger charge is -2.13. The molecule has 1 heterocycles. The minimum absolute atomic E-state index is 0.113. The fourth-order valence-electron chi connectivity index (χ4n) is 3.16. The second-order valence-electron chi connectivity index (χ2n) is 7.24. The Morgan fingerprint density at radius 1 is 1.17 bits per heavy atom. The van der Waals surface area contributed by atoms with E-state index >= 15 is 0 Å². The molecule has 2 aromatic rings. The molecule has 0 fully saturated rings. The van der Waals surface area contributed by atoms with Crippen LogP contribution in [-0.2, 0) is 16.1 Å². The van der Waals surface area contributed by atoms with Gasteiger partial charge in [-0.2, -0.15) is 5.10 Å². The summed E-state index contributed by atoms with van der Waals surface area (Å²) in [5.74, 6) is -0.641. The summed E-state index contributed by atoms with van der Waals surface area (Å²) in [6, 6.07) is 4.02. The summed E-state index contributed by atoms with van der Waals surface area (Å²) in [5.41, 5.74) is 5.39. The number of carbonyl (C=O) groups excluding carboxylic acids is 2. The number of aromatic nitrogens is 2. The number of hydrogen-bond acceptors (Lipinski definition) is 3. The SMILES string of the molecule is CCCCn1nc(C)c(C=CC(=O)NCC(=O)Nc2c(C)cc(C)cc2C)c1Cl. The van der Waals surface area contributed by atoms with Gasteiger partial charge in [-0.25, -0.2) is 0 Å². The van der Waals surface area contributed by atoms with E-state index in [1.165, 1.54) is 6.08 Å². The van der Waals surface area contributed by atoms with E-state index in [0.29, 0.717) is 10.7 Å². The highest BCUT2D eigenvalue weighted by atomic mass is 35.5. The molecule has 0 aliphatic heterocycles. The van der Waals surface area contributed by atoms with Gasteiger partial charge in [0.1, 0.15) is 5.15 Å². The average molecular weight is 417 g/mol. The summed E-state index contributed by atoms with van der Waals surface area (Å²) >= 11 is 6.36. The molecule has 0 unspecified atom stereocenters. The van der Waals surface area contributed by atoms with E-state index in [2.05, 4.69) is 22.7 Å². The maximum Gasteiger partial charge on any atom is 0.244 e. The number of unbranched alkanes of at least 4 members (excludes halogenated alkanes) is 1. The minimum Gasteiger partial charge on any atom is -0.343 e. The topological polar surface area (TPSA) is 76.0 Å². The molecule has 0 bridgehead atoms. The zero-order valence-corrected chi connectivity index (χ0v) is 18.5. The lowest BCUT2D eigenvalue weighted by Crippen LogP contribution is -2.32. The molecule has 0 aliphatic carbocycles. The van der Waals surface area contributed by atoms with E-state index < -0.39 is 0 Å². The summed E-state index contributed by atoms with van der Waals surface area (Å²) in [4.78, 5) is 24.3. The van der Waals surface area contributed by atoms with Crippen LogP contribution < -0.4 is 10.6 Å². The second kappa shape index (κ2) is 10.3. The van der Waals surface area contributed by atoms with Crippen LogP contribution in [0.2, 0.25) is 5.15 Å². The quantitative estimate of drug-likeness (QED) is 0.628. The van der Waals surface area contributed by atoms with Crippen LogP contribution in [0.3, 0.4) is 0 Å². The number of hydrogen-bond donors (Lipinski definition) is 2. The van der Waals surface area contributed by atoms with Gasteiger partial charge in [-0.3, -0.25) is 14.3 Å². The van der Waals surface area contributed by atoms with E-state index in [1.54, 1.807) is 10.8 Å². The van der Waals surface area contributed by atoms with Crippen molar-refractivity contribution in [1.82, 2.24) is 15.1 Å². The molecule has 0 saturated carbocycles. The molecule has 7 heteroatoms. The normalized spacial score (nSPS) is 11.1. The molecule has 0 atom stereocenters. The number of benzene rings is 1. The van der Waals surface area contributed by atoms with E-state index in [4.69, 9.17) is 11.6 Å². The van der Waals surface area contributed by atoms with Crippen LogP contribution in [0.15, 0.2) is 18.2 Å². The Kier molecular flexibility index (Phi) is 8.02. The summed E-state index contributed by atoms with van der Waals surface area (Å²) in [5, 5.41) is 10.4. The largest absolute Gasteiger partial charge is 0.343 e. The Balaban J connectivity index is 1.93. The summed E-state index contributed by atoms with van der Waals surface area (Å²) in [6.07, 6.45) is 5.04. The minimum atomic E-state index is -0.366. The molecule has 6 nitrogen and oxygen atoms in total. The molecule has 2 N–H and O–H groups in total. The average Bonchev–Trinajstić information content (AvgIpc) is 2.92. The number of carbonyl (C=O) groups is 2. The van der Waals surface area contributed by atoms with Crippen LogP contribution in [0.25, 0.3) is 6.08 Å². The fraction of sp³-hybridized carbons (Fsp3) is 0.409. The first-order valence-electron chi connectivity index (χ1n) is 9.79. The zero-order valence-electron chi connectivity index (χ0n) is 17.7. The monoisotopic (exact) mass is 416 g/mol. The maximum absolute atomic E-state index is 12.2. The molecule has 1 aromatic heterocycles. The first kappa shape index (κ1) is 22.7. The molecule has 0 radical (unpaired) electrons. The number of amides is 2. The predicted octanol–water partition coefficient (Wildman–Crippen LogP) is 4.34. The number of rotatable bonds is 8. The van der Waals surface area contributed by atoms with Crippen molar-refractivity contribution in [2.24, 2.45) is 0 Å². The van der Waals surface area contributed by atoms with Crippen molar-refractivity contribution >= 4 is 35.2 Å². The predicted molar refractivity (Wildman–Crippen MR) is 118 cm³/mol. The van der Waals surface area contributed by atoms with Crippen molar-refractivity contribution in [3.63, 3.8) is 0 Å². The number of nitrogens with zero attached hydrogens (tertiary/aromatic N) is 2. The molecular formula is C22H29ClN4O2. The molecule has 156 valence electrons. The molecular weight excluding hydrogens is 388 g/mol. The third-order valence-corrected chi connectivity index (χ3v) is 5.00. The van der Waals surface area contributed by atoms with Crippen LogP contribution in [0.1, 0.15) is 47.7 Å². The lowest BCUT2D eigenvalue weighted by molar-refractivity contribution is -0.121. The van der Waals surface area contributed by atoms with Crippen molar-refractivity contribution in [2.45, 2.75) is 54.0 Å². The van der Waals surface area contributed by atoms with E-state index in [9.17, 15) is 9.59 Å². The van der Waals surface area contributed by atoms with E-state index in [-0.39, 0.29) is 18.4 Å². The van der Waals surface area contributed by atoms with Gasteiger partial charge < -0.3 is 10.6 Å². The van der Waals surface area contributed by atoms with Crippen molar-refractivity contribution in [2.75, 3.05) is 11.9 Å². The third-order valence-electron chi connectivity index (χ3n) is 4.60. The van der Waals surface area contributed by atoms with Crippen LogP contribution >= 0.6 is 11.6 Å². The van der Waals surface area contributed by atoms with Crippen LogP contribution in [0.4, 0.5) is 5.69 Å². The molecule has 0 aliphatic rings. The van der Waals surface area contributed by atoms with Gasteiger partial charge in [-0.05, 0) is 51.3 Å². The Morgan fingerprint density at radius 2 is 1.83 bits per heavy atom. The number of nitrogens with one attached hydrogen (secondary N) is 2. The van der Waals surface area contributed by atoms with Gasteiger partial charge in [-0.15, -0.1) is 0 Å². The Bertz CT molecular complexity index is 908. The van der Waals surface area contributed by atoms with Crippen LogP contribution in [0.5, 0.6) is 0 Å². The van der Waals surface area contributed by atoms with Crippen LogP contribution in [0, 0.1) is 27.7 Å². The highest BCUT2D eigenvalue weighted by molar-refractivity contribution is 6.31. The van der Waals surface area contributed by atoms with Gasteiger partial charge in [0.25, 0.3) is 0 Å². The second-order valence-corrected chi connectivity index (χ2v) is 7.60. The van der Waals surface area contributed by atoms with E-state index in [1.807, 2.05) is 39.8 Å². The number of halogens is 1. The smallest absolute Gasteiger partial charge is 0.244 e. The molecule has 0 spiro atoms. The molecule has 0 saturated heterocycles. The van der Waals surface area contributed by atoms with Gasteiger partial charge in [0, 0.05) is 23.9 Å². The Hall–Kier alpha value is -2.60. The number of aryl methyl sites for hydroxylation is 5. The van der Waals surface area contributed by atoms with Gasteiger partial charge >= 0.3 is 0 Å². The van der Waals surface area contributed by atoms with Crippen molar-refractivity contribution in [3.05, 3.63) is 51.3 Å². The molecule has 2 rings (SSSR count). The molecule has 1 aromatic carbocycles. The van der Waals surface area contributed by atoms with Crippen molar-refractivity contribution in [1.29, 1.82) is 0 Å². The lowest BCUT2D eigenvalue weighted by atomic mass is 10.1. The Morgan fingerprint density at radius 3 is 2.45 bits per heavy atom. The van der Waals surface area contributed by atoms with Gasteiger partial charge in [0.05, 0.1) is 12.2 Å². The van der Waals surface area contributed by atoms with Gasteiger partial charge in [0.15, 0.2) is 0 Å². The van der Waals surface area contributed by atoms with Gasteiger partial charge in [-0.1, -0.05) is 42.6 Å². The van der Waals surface area contributed by atoms with Crippen molar-refractivity contribution < 1.29 is 9.59 Å². The maximum atomic E-state index is 12.2. The summed E-state index contributed by atoms with van der Waals surface area (Å²) in [6.45, 7) is 10.5. The third kappa shape index (κ3) is 6.19. The number of anilines is 1. The first-order chi connectivity index (χ1) is 13.7. The fourth-order valence-corrected chi connectivity index (χ4v) is 3.48. The van der Waals surface area contributed by atoms with E-state index in [0.717, 1.165) is 47.5 Å². The first-order valence-corrected chi connectivity index (χ1v) is 10.2. The van der Waals surface area contributed by atoms with Gasteiger partial charge in [0.2, 0.25) is 11.8 Å². The van der Waals surface area contributed by atoms with Crippen LogP contribution in [-0.4, -0.2) is 28.1 Å². The Labute approximate surface area is 177 Å². The molecule has 2 amide bonds. The highest BCUT2D eigenvalue weighted by Gasteiger charge is 2.12.